The Balaban J connectivity index is 1.96. The average molecular weight is 338 g/mol. The van der Waals surface area contributed by atoms with E-state index in [2.05, 4.69) is 6.07 Å². The molecule has 4 rings (SSSR count). The monoisotopic (exact) mass is 338 g/mol. The zero-order chi connectivity index (χ0) is 16.8. The summed E-state index contributed by atoms with van der Waals surface area (Å²) in [6, 6.07) is 14.7. The highest BCUT2D eigenvalue weighted by Crippen LogP contribution is 2.47. The van der Waals surface area contributed by atoms with Gasteiger partial charge in [0.25, 0.3) is 5.69 Å². The van der Waals surface area contributed by atoms with Crippen LogP contribution in [0.1, 0.15) is 23.5 Å². The topological polar surface area (TPSA) is 65.1 Å². The summed E-state index contributed by atoms with van der Waals surface area (Å²) in [4.78, 5) is 23.0. The average Bonchev–Trinajstić information content (AvgIpc) is 2.87. The Morgan fingerprint density at radius 2 is 2.00 bits per heavy atom. The molecule has 2 heterocycles. The van der Waals surface area contributed by atoms with E-state index in [0.717, 1.165) is 27.1 Å². The van der Waals surface area contributed by atoms with Crippen molar-refractivity contribution >= 4 is 33.5 Å². The molecule has 24 heavy (non-hydrogen) atoms. The molecule has 0 unspecified atom stereocenters. The van der Waals surface area contributed by atoms with Crippen molar-refractivity contribution in [2.45, 2.75) is 17.4 Å². The number of fused-ring (bicyclic) bond motifs is 3. The number of hydrogen-bond donors (Lipinski definition) is 0. The highest BCUT2D eigenvalue weighted by atomic mass is 32.2. The van der Waals surface area contributed by atoms with Crippen LogP contribution in [0.2, 0.25) is 0 Å². The molecule has 0 fully saturated rings. The first-order valence-corrected chi connectivity index (χ1v) is 8.40. The van der Waals surface area contributed by atoms with Crippen LogP contribution >= 0.6 is 11.8 Å². The summed E-state index contributed by atoms with van der Waals surface area (Å²) in [5.74, 6) is -0.153. The van der Waals surface area contributed by atoms with E-state index in [1.807, 2.05) is 35.9 Å². The number of non-ortho nitro benzene ring substituents is 1. The van der Waals surface area contributed by atoms with Crippen molar-refractivity contribution < 1.29 is 9.72 Å². The van der Waals surface area contributed by atoms with E-state index in [1.54, 1.807) is 12.1 Å². The summed E-state index contributed by atoms with van der Waals surface area (Å²) < 4.78 is 2.04. The van der Waals surface area contributed by atoms with Gasteiger partial charge in [-0.25, -0.2) is 0 Å². The first kappa shape index (κ1) is 15.0. The van der Waals surface area contributed by atoms with Crippen LogP contribution in [-0.2, 0) is 11.8 Å². The van der Waals surface area contributed by atoms with Crippen LogP contribution in [0.15, 0.2) is 53.6 Å². The van der Waals surface area contributed by atoms with Gasteiger partial charge in [-0.1, -0.05) is 30.3 Å². The summed E-state index contributed by atoms with van der Waals surface area (Å²) in [6.07, 6.45) is 0.354. The quantitative estimate of drug-likeness (QED) is 0.518. The van der Waals surface area contributed by atoms with Gasteiger partial charge in [0.05, 0.1) is 9.95 Å². The minimum Gasteiger partial charge on any atom is -0.338 e. The van der Waals surface area contributed by atoms with E-state index >= 15 is 0 Å². The van der Waals surface area contributed by atoms with Gasteiger partial charge in [0.15, 0.2) is 5.12 Å². The van der Waals surface area contributed by atoms with Crippen LogP contribution in [0.5, 0.6) is 0 Å². The van der Waals surface area contributed by atoms with Gasteiger partial charge in [0, 0.05) is 48.0 Å². The molecule has 6 heteroatoms. The SMILES string of the molecule is Cn1c2c(c3ccccc31)[C@@H](c1cccc([N+](=O)[O-])c1)CC(=O)S2. The number of nitrogens with zero attached hydrogens (tertiary/aromatic N) is 2. The van der Waals surface area contributed by atoms with Crippen molar-refractivity contribution in [1.29, 1.82) is 0 Å². The molecule has 1 aliphatic heterocycles. The van der Waals surface area contributed by atoms with Crippen molar-refractivity contribution in [2.75, 3.05) is 0 Å². The largest absolute Gasteiger partial charge is 0.338 e. The van der Waals surface area contributed by atoms with Crippen LogP contribution in [0.3, 0.4) is 0 Å². The highest BCUT2D eigenvalue weighted by Gasteiger charge is 2.32. The molecule has 3 aromatic rings. The first-order valence-electron chi connectivity index (χ1n) is 7.58. The maximum atomic E-state index is 12.3. The van der Waals surface area contributed by atoms with Crippen molar-refractivity contribution in [3.05, 3.63) is 69.8 Å². The number of rotatable bonds is 2. The number of benzene rings is 2. The number of aryl methyl sites for hydroxylation is 1. The predicted molar refractivity (Wildman–Crippen MR) is 93.3 cm³/mol. The lowest BCUT2D eigenvalue weighted by atomic mass is 9.88. The summed E-state index contributed by atoms with van der Waals surface area (Å²) in [5.41, 5.74) is 3.04. The van der Waals surface area contributed by atoms with Crippen LogP contribution in [0.25, 0.3) is 10.9 Å². The molecule has 0 aliphatic carbocycles. The maximum Gasteiger partial charge on any atom is 0.269 e. The van der Waals surface area contributed by atoms with Gasteiger partial charge >= 0.3 is 0 Å². The first-order chi connectivity index (χ1) is 11.6. The molecule has 120 valence electrons. The Kier molecular flexibility index (Phi) is 3.42. The maximum absolute atomic E-state index is 12.3. The number of nitro benzene ring substituents is 1. The molecule has 0 saturated carbocycles. The van der Waals surface area contributed by atoms with E-state index in [-0.39, 0.29) is 16.7 Å². The van der Waals surface area contributed by atoms with Gasteiger partial charge in [-0.15, -0.1) is 0 Å². The van der Waals surface area contributed by atoms with Crippen molar-refractivity contribution in [3.8, 4) is 0 Å². The van der Waals surface area contributed by atoms with Gasteiger partial charge < -0.3 is 4.57 Å². The van der Waals surface area contributed by atoms with Gasteiger partial charge in [0.2, 0.25) is 0 Å². The Labute approximate surface area is 142 Å². The van der Waals surface area contributed by atoms with E-state index in [1.165, 1.54) is 17.8 Å². The molecule has 5 nitrogen and oxygen atoms in total. The fraction of sp³-hybridized carbons (Fsp3) is 0.167. The fourth-order valence-electron chi connectivity index (χ4n) is 3.42. The number of nitro groups is 1. The molecule has 1 aromatic heterocycles. The van der Waals surface area contributed by atoms with Crippen LogP contribution in [0.4, 0.5) is 5.69 Å². The third-order valence-corrected chi connectivity index (χ3v) is 5.59. The molecule has 1 atom stereocenters. The fourth-order valence-corrected chi connectivity index (χ4v) is 4.48. The van der Waals surface area contributed by atoms with E-state index in [4.69, 9.17) is 0 Å². The molecule has 0 radical (unpaired) electrons. The molecule has 0 N–H and O–H groups in total. The Hall–Kier alpha value is -2.60. The second kappa shape index (κ2) is 5.49. The Bertz CT molecular complexity index is 993. The normalized spacial score (nSPS) is 17.0. The third kappa shape index (κ3) is 2.22. The van der Waals surface area contributed by atoms with Crippen LogP contribution in [-0.4, -0.2) is 14.6 Å². The van der Waals surface area contributed by atoms with E-state index in [0.29, 0.717) is 6.42 Å². The van der Waals surface area contributed by atoms with Gasteiger partial charge in [-0.3, -0.25) is 14.9 Å². The van der Waals surface area contributed by atoms with Crippen molar-refractivity contribution in [2.24, 2.45) is 7.05 Å². The standard InChI is InChI=1S/C18H14N2O3S/c1-19-15-8-3-2-7-13(15)17-14(10-16(21)24-18(17)19)11-5-4-6-12(9-11)20(22)23/h2-9,14H,10H2,1H3/t14-/m1/s1. The minimum absolute atomic E-state index is 0.0555. The summed E-state index contributed by atoms with van der Waals surface area (Å²) in [6.45, 7) is 0. The molecule has 0 saturated heterocycles. The van der Waals surface area contributed by atoms with E-state index < -0.39 is 4.92 Å². The lowest BCUT2D eigenvalue weighted by molar-refractivity contribution is -0.384. The number of carbonyl (C=O) groups excluding carboxylic acids is 1. The van der Waals surface area contributed by atoms with Crippen molar-refractivity contribution in [3.63, 3.8) is 0 Å². The zero-order valence-corrected chi connectivity index (χ0v) is 13.7. The van der Waals surface area contributed by atoms with Crippen LogP contribution in [0, 0.1) is 10.1 Å². The number of thioether (sulfide) groups is 1. The molecule has 0 bridgehead atoms. The van der Waals surface area contributed by atoms with Gasteiger partial charge in [-0.2, -0.15) is 0 Å². The zero-order valence-electron chi connectivity index (χ0n) is 12.9. The highest BCUT2D eigenvalue weighted by molar-refractivity contribution is 8.13. The lowest BCUT2D eigenvalue weighted by Crippen LogP contribution is -2.13. The molecule has 1 aliphatic rings. The predicted octanol–water partition coefficient (Wildman–Crippen LogP) is 4.24. The van der Waals surface area contributed by atoms with Crippen LogP contribution < -0.4 is 0 Å². The summed E-state index contributed by atoms with van der Waals surface area (Å²) in [5, 5.41) is 13.2. The van der Waals surface area contributed by atoms with Gasteiger partial charge in [-0.05, 0) is 23.4 Å². The number of aromatic nitrogens is 1. The van der Waals surface area contributed by atoms with E-state index in [9.17, 15) is 14.9 Å². The molecule has 2 aromatic carbocycles. The molecular weight excluding hydrogens is 324 g/mol. The Morgan fingerprint density at radius 1 is 1.21 bits per heavy atom. The third-order valence-electron chi connectivity index (χ3n) is 4.50. The molecule has 0 amide bonds. The number of hydrogen-bond acceptors (Lipinski definition) is 4. The lowest BCUT2D eigenvalue weighted by Gasteiger charge is -2.22. The number of para-hydroxylation sites is 1. The number of carbonyl (C=O) groups is 1. The Morgan fingerprint density at radius 3 is 2.79 bits per heavy atom. The minimum atomic E-state index is -0.396. The van der Waals surface area contributed by atoms with Crippen molar-refractivity contribution in [1.82, 2.24) is 4.57 Å². The smallest absolute Gasteiger partial charge is 0.269 e. The second-order valence-electron chi connectivity index (χ2n) is 5.88. The second-order valence-corrected chi connectivity index (χ2v) is 6.92. The van der Waals surface area contributed by atoms with Gasteiger partial charge in [0.1, 0.15) is 0 Å². The molecular formula is C18H14N2O3S. The molecule has 0 spiro atoms. The summed E-state index contributed by atoms with van der Waals surface area (Å²) >= 11 is 1.26. The summed E-state index contributed by atoms with van der Waals surface area (Å²) in [7, 11) is 1.96.